The number of fused-ring (bicyclic) bond motifs is 5. The molecule has 3 aromatic rings. The van der Waals surface area contributed by atoms with Gasteiger partial charge in [-0.1, -0.05) is 42.0 Å². The Hall–Kier alpha value is -2.79. The average molecular weight is 406 g/mol. The number of hydrogen-bond acceptors (Lipinski definition) is 3. The third-order valence-electron chi connectivity index (χ3n) is 6.18. The quantitative estimate of drug-likeness (QED) is 0.617. The second-order valence-electron chi connectivity index (χ2n) is 7.83. The average Bonchev–Trinajstić information content (AvgIpc) is 3.09. The molecule has 1 aliphatic carbocycles. The van der Waals surface area contributed by atoms with Crippen molar-refractivity contribution < 1.29 is 13.2 Å². The number of nitrogens with zero attached hydrogens (tertiary/aromatic N) is 1. The number of rotatable bonds is 3. The highest BCUT2D eigenvalue weighted by Gasteiger charge is 2.47. The Morgan fingerprint density at radius 1 is 0.966 bits per heavy atom. The molecule has 2 atom stereocenters. The summed E-state index contributed by atoms with van der Waals surface area (Å²) < 4.78 is 34.6. The van der Waals surface area contributed by atoms with Gasteiger partial charge in [0.05, 0.1) is 23.7 Å². The summed E-state index contributed by atoms with van der Waals surface area (Å²) in [5, 5.41) is 0. The topological polar surface area (TPSA) is 46.6 Å². The van der Waals surface area contributed by atoms with Gasteiger partial charge in [-0.2, -0.15) is 0 Å². The summed E-state index contributed by atoms with van der Waals surface area (Å²) in [6.45, 7) is 1.96. The van der Waals surface area contributed by atoms with Crippen LogP contribution in [0, 0.1) is 6.92 Å². The number of ether oxygens (including phenoxy) is 1. The highest BCUT2D eigenvalue weighted by atomic mass is 32.2. The normalized spacial score (nSPS) is 20.0. The van der Waals surface area contributed by atoms with Gasteiger partial charge in [0.15, 0.2) is 0 Å². The fourth-order valence-electron chi connectivity index (χ4n) is 4.77. The van der Waals surface area contributed by atoms with E-state index in [9.17, 15) is 8.42 Å². The monoisotopic (exact) mass is 405 g/mol. The standard InChI is InChI=1S/C24H23NO3S/c1-16-7-11-19(12-8-16)29(26,27)25-23-6-4-3-5-21(23)22-13-9-17-15-18(28-2)10-14-20(17)24(22)25/h3-8,10-12,14-15,22,24H,9,13H2,1-2H3/t22-,24-/m1/s1. The number of para-hydroxylation sites is 1. The van der Waals surface area contributed by atoms with Gasteiger partial charge in [-0.25, -0.2) is 8.42 Å². The van der Waals surface area contributed by atoms with Crippen LogP contribution in [0.5, 0.6) is 5.75 Å². The fraction of sp³-hybridized carbons (Fsp3) is 0.250. The number of methoxy groups -OCH3 is 1. The van der Waals surface area contributed by atoms with Crippen LogP contribution < -0.4 is 9.04 Å². The van der Waals surface area contributed by atoms with Gasteiger partial charge in [0.25, 0.3) is 10.0 Å². The lowest BCUT2D eigenvalue weighted by molar-refractivity contribution is 0.412. The largest absolute Gasteiger partial charge is 0.497 e. The number of benzene rings is 3. The molecule has 5 heteroatoms. The fourth-order valence-corrected chi connectivity index (χ4v) is 6.46. The van der Waals surface area contributed by atoms with E-state index in [0.717, 1.165) is 41.0 Å². The molecular weight excluding hydrogens is 382 g/mol. The van der Waals surface area contributed by atoms with Crippen LogP contribution in [0.2, 0.25) is 0 Å². The van der Waals surface area contributed by atoms with Crippen molar-refractivity contribution in [2.24, 2.45) is 0 Å². The van der Waals surface area contributed by atoms with E-state index in [4.69, 9.17) is 4.74 Å². The molecule has 0 amide bonds. The summed E-state index contributed by atoms with van der Waals surface area (Å²) in [5.41, 5.74) is 5.21. The first-order chi connectivity index (χ1) is 14.0. The van der Waals surface area contributed by atoms with Crippen LogP contribution in [-0.4, -0.2) is 15.5 Å². The zero-order valence-electron chi connectivity index (χ0n) is 16.5. The minimum absolute atomic E-state index is 0.160. The van der Waals surface area contributed by atoms with Gasteiger partial charge in [0.1, 0.15) is 5.75 Å². The molecule has 0 saturated carbocycles. The van der Waals surface area contributed by atoms with Crippen molar-refractivity contribution in [3.63, 3.8) is 0 Å². The molecule has 3 aromatic carbocycles. The van der Waals surface area contributed by atoms with Crippen molar-refractivity contribution in [2.75, 3.05) is 11.4 Å². The Kier molecular flexibility index (Phi) is 4.17. The number of hydrogen-bond donors (Lipinski definition) is 0. The van der Waals surface area contributed by atoms with Crippen molar-refractivity contribution in [3.8, 4) is 5.75 Å². The van der Waals surface area contributed by atoms with Crippen molar-refractivity contribution >= 4 is 15.7 Å². The van der Waals surface area contributed by atoms with E-state index >= 15 is 0 Å². The summed E-state index contributed by atoms with van der Waals surface area (Å²) in [7, 11) is -2.04. The smallest absolute Gasteiger partial charge is 0.264 e. The molecule has 2 aliphatic rings. The highest BCUT2D eigenvalue weighted by molar-refractivity contribution is 7.92. The van der Waals surface area contributed by atoms with E-state index < -0.39 is 10.0 Å². The van der Waals surface area contributed by atoms with E-state index in [2.05, 4.69) is 6.07 Å². The maximum absolute atomic E-state index is 13.8. The maximum Gasteiger partial charge on any atom is 0.264 e. The summed E-state index contributed by atoms with van der Waals surface area (Å²) in [5.74, 6) is 0.970. The predicted octanol–water partition coefficient (Wildman–Crippen LogP) is 4.98. The van der Waals surface area contributed by atoms with Gasteiger partial charge in [0, 0.05) is 5.92 Å². The van der Waals surface area contributed by atoms with E-state index in [1.54, 1.807) is 23.5 Å². The summed E-state index contributed by atoms with van der Waals surface area (Å²) in [6, 6.07) is 20.8. The first-order valence-corrected chi connectivity index (χ1v) is 11.3. The van der Waals surface area contributed by atoms with Crippen molar-refractivity contribution in [1.82, 2.24) is 0 Å². The Morgan fingerprint density at radius 3 is 2.48 bits per heavy atom. The molecule has 1 heterocycles. The molecule has 0 radical (unpaired) electrons. The Morgan fingerprint density at radius 2 is 1.72 bits per heavy atom. The number of sulfonamides is 1. The second-order valence-corrected chi connectivity index (χ2v) is 9.64. The van der Waals surface area contributed by atoms with E-state index in [-0.39, 0.29) is 12.0 Å². The van der Waals surface area contributed by atoms with Crippen LogP contribution in [0.3, 0.4) is 0 Å². The van der Waals surface area contributed by atoms with Crippen LogP contribution >= 0.6 is 0 Å². The molecule has 0 N–H and O–H groups in total. The Balaban J connectivity index is 1.71. The van der Waals surface area contributed by atoms with Crippen LogP contribution in [0.4, 0.5) is 5.69 Å². The van der Waals surface area contributed by atoms with Gasteiger partial charge < -0.3 is 4.74 Å². The molecule has 0 fully saturated rings. The maximum atomic E-state index is 13.8. The van der Waals surface area contributed by atoms with Crippen LogP contribution in [0.15, 0.2) is 71.6 Å². The zero-order valence-corrected chi connectivity index (χ0v) is 17.3. The molecule has 0 saturated heterocycles. The van der Waals surface area contributed by atoms with Gasteiger partial charge in [-0.05, 0) is 66.8 Å². The minimum atomic E-state index is -3.70. The summed E-state index contributed by atoms with van der Waals surface area (Å²) in [4.78, 5) is 0.333. The molecule has 0 bridgehead atoms. The van der Waals surface area contributed by atoms with Gasteiger partial charge in [0.2, 0.25) is 0 Å². The first-order valence-electron chi connectivity index (χ1n) is 9.87. The summed E-state index contributed by atoms with van der Waals surface area (Å²) >= 11 is 0. The Labute approximate surface area is 171 Å². The van der Waals surface area contributed by atoms with E-state index in [1.165, 1.54) is 5.56 Å². The Bertz CT molecular complexity index is 1190. The molecule has 4 nitrogen and oxygen atoms in total. The third-order valence-corrected chi connectivity index (χ3v) is 7.99. The molecule has 0 spiro atoms. The van der Waals surface area contributed by atoms with Gasteiger partial charge >= 0.3 is 0 Å². The predicted molar refractivity (Wildman–Crippen MR) is 114 cm³/mol. The molecule has 5 rings (SSSR count). The van der Waals surface area contributed by atoms with Gasteiger partial charge in [-0.15, -0.1) is 0 Å². The van der Waals surface area contributed by atoms with Crippen molar-refractivity contribution in [3.05, 3.63) is 89.0 Å². The van der Waals surface area contributed by atoms with Crippen LogP contribution in [0.1, 0.15) is 40.6 Å². The zero-order chi connectivity index (χ0) is 20.2. The van der Waals surface area contributed by atoms with Gasteiger partial charge in [-0.3, -0.25) is 4.31 Å². The number of anilines is 1. The van der Waals surface area contributed by atoms with E-state index in [1.807, 2.05) is 55.5 Å². The van der Waals surface area contributed by atoms with E-state index in [0.29, 0.717) is 4.90 Å². The van der Waals surface area contributed by atoms with Crippen LogP contribution in [0.25, 0.3) is 0 Å². The van der Waals surface area contributed by atoms with Crippen molar-refractivity contribution in [2.45, 2.75) is 36.6 Å². The first kappa shape index (κ1) is 18.3. The van der Waals surface area contributed by atoms with Crippen molar-refractivity contribution in [1.29, 1.82) is 0 Å². The molecule has 29 heavy (non-hydrogen) atoms. The third kappa shape index (κ3) is 2.76. The lowest BCUT2D eigenvalue weighted by atomic mass is 9.78. The molecular formula is C24H23NO3S. The second kappa shape index (κ2) is 6.63. The summed E-state index contributed by atoms with van der Waals surface area (Å²) in [6.07, 6.45) is 1.84. The SMILES string of the molecule is COc1ccc2c(c1)CC[C@@H]1c3ccccc3N(S(=O)(=O)c3ccc(C)cc3)[C@H]21. The molecule has 0 unspecified atom stereocenters. The van der Waals surface area contributed by atoms with Crippen LogP contribution in [-0.2, 0) is 16.4 Å². The minimum Gasteiger partial charge on any atom is -0.497 e. The highest BCUT2D eigenvalue weighted by Crippen LogP contribution is 2.56. The lowest BCUT2D eigenvalue weighted by Gasteiger charge is -2.35. The number of aryl methyl sites for hydroxylation is 2. The molecule has 148 valence electrons. The lowest BCUT2D eigenvalue weighted by Crippen LogP contribution is -2.35. The molecule has 0 aromatic heterocycles. The molecule has 1 aliphatic heterocycles.